The van der Waals surface area contributed by atoms with Crippen LogP contribution in [0.25, 0.3) is 10.8 Å². The van der Waals surface area contributed by atoms with Gasteiger partial charge in [-0.1, -0.05) is 60.7 Å². The summed E-state index contributed by atoms with van der Waals surface area (Å²) in [5.74, 6) is 1.51. The predicted molar refractivity (Wildman–Crippen MR) is 99.7 cm³/mol. The van der Waals surface area contributed by atoms with Gasteiger partial charge in [0.15, 0.2) is 0 Å². The first kappa shape index (κ1) is 15.3. The van der Waals surface area contributed by atoms with Crippen molar-refractivity contribution in [3.8, 4) is 11.5 Å². The number of benzene rings is 4. The highest BCUT2D eigenvalue weighted by atomic mass is 16.7. The average molecular weight is 325 g/mol. The first-order chi connectivity index (χ1) is 12.4. The summed E-state index contributed by atoms with van der Waals surface area (Å²) in [7, 11) is 0. The standard InChI is InChI=1S/C23H17O2/c1-3-11-21(12-4-1)24-23(25-22-13-5-2-6-14-22)20-16-15-18-9-7-8-10-19(18)17-20/h1-15,17,23H. The highest BCUT2D eigenvalue weighted by Gasteiger charge is 2.16. The number of hydrogen-bond donors (Lipinski definition) is 0. The molecule has 0 saturated carbocycles. The molecule has 1 radical (unpaired) electrons. The molecule has 2 heteroatoms. The van der Waals surface area contributed by atoms with E-state index in [1.165, 1.54) is 0 Å². The Morgan fingerprint density at radius 3 is 1.72 bits per heavy atom. The van der Waals surface area contributed by atoms with E-state index in [-0.39, 0.29) is 0 Å². The summed E-state index contributed by atoms with van der Waals surface area (Å²) in [6.45, 7) is 0. The maximum Gasteiger partial charge on any atom is 0.268 e. The van der Waals surface area contributed by atoms with Crippen LogP contribution in [0.1, 0.15) is 11.9 Å². The van der Waals surface area contributed by atoms with Crippen LogP contribution in [0, 0.1) is 6.07 Å². The van der Waals surface area contributed by atoms with Crippen molar-refractivity contribution in [2.75, 3.05) is 0 Å². The molecule has 0 aliphatic rings. The fourth-order valence-electron chi connectivity index (χ4n) is 2.68. The molecule has 0 bridgehead atoms. The van der Waals surface area contributed by atoms with Gasteiger partial charge in [-0.3, -0.25) is 0 Å². The van der Waals surface area contributed by atoms with E-state index in [0.717, 1.165) is 27.8 Å². The van der Waals surface area contributed by atoms with Gasteiger partial charge in [0.05, 0.1) is 0 Å². The molecule has 0 aliphatic carbocycles. The Kier molecular flexibility index (Phi) is 4.34. The molecule has 0 spiro atoms. The minimum Gasteiger partial charge on any atom is -0.451 e. The topological polar surface area (TPSA) is 18.5 Å². The lowest BCUT2D eigenvalue weighted by Gasteiger charge is -2.21. The van der Waals surface area contributed by atoms with Gasteiger partial charge >= 0.3 is 0 Å². The molecule has 0 atom stereocenters. The van der Waals surface area contributed by atoms with Crippen molar-refractivity contribution >= 4 is 10.8 Å². The van der Waals surface area contributed by atoms with Gasteiger partial charge in [-0.05, 0) is 53.2 Å². The molecule has 0 fully saturated rings. The van der Waals surface area contributed by atoms with E-state index in [2.05, 4.69) is 24.3 Å². The molecule has 0 amide bonds. The van der Waals surface area contributed by atoms with Gasteiger partial charge in [0.1, 0.15) is 11.5 Å². The Morgan fingerprint density at radius 2 is 1.12 bits per heavy atom. The Morgan fingerprint density at radius 1 is 0.600 bits per heavy atom. The molecule has 0 aromatic heterocycles. The number of rotatable bonds is 5. The molecule has 0 heterocycles. The van der Waals surface area contributed by atoms with Crippen molar-refractivity contribution in [1.29, 1.82) is 0 Å². The minimum atomic E-state index is -0.575. The van der Waals surface area contributed by atoms with Crippen LogP contribution >= 0.6 is 0 Å². The van der Waals surface area contributed by atoms with E-state index in [0.29, 0.717) is 0 Å². The summed E-state index contributed by atoms with van der Waals surface area (Å²) < 4.78 is 12.2. The van der Waals surface area contributed by atoms with Crippen LogP contribution in [0.2, 0.25) is 0 Å². The van der Waals surface area contributed by atoms with Gasteiger partial charge in [0, 0.05) is 5.56 Å². The summed E-state index contributed by atoms with van der Waals surface area (Å²) >= 11 is 0. The van der Waals surface area contributed by atoms with Gasteiger partial charge < -0.3 is 9.47 Å². The smallest absolute Gasteiger partial charge is 0.268 e. The highest BCUT2D eigenvalue weighted by molar-refractivity contribution is 5.82. The van der Waals surface area contributed by atoms with Crippen LogP contribution in [0.5, 0.6) is 11.5 Å². The van der Waals surface area contributed by atoms with E-state index < -0.39 is 6.29 Å². The van der Waals surface area contributed by atoms with Crippen molar-refractivity contribution < 1.29 is 9.47 Å². The van der Waals surface area contributed by atoms with Crippen LogP contribution in [0.4, 0.5) is 0 Å². The van der Waals surface area contributed by atoms with E-state index in [9.17, 15) is 0 Å². The largest absolute Gasteiger partial charge is 0.451 e. The molecule has 25 heavy (non-hydrogen) atoms. The van der Waals surface area contributed by atoms with E-state index in [1.54, 1.807) is 0 Å². The number of ether oxygens (including phenoxy) is 2. The zero-order valence-corrected chi connectivity index (χ0v) is 13.6. The van der Waals surface area contributed by atoms with Gasteiger partial charge in [-0.25, -0.2) is 0 Å². The second kappa shape index (κ2) is 7.10. The SMILES string of the molecule is [c]1cc2ccccc2cc1C(Oc1ccccc1)Oc1ccccc1. The molecule has 121 valence electrons. The molecule has 0 saturated heterocycles. The monoisotopic (exact) mass is 325 g/mol. The summed E-state index contributed by atoms with van der Waals surface area (Å²) in [5, 5.41) is 2.28. The molecule has 4 rings (SSSR count). The third-order valence-electron chi connectivity index (χ3n) is 3.93. The van der Waals surface area contributed by atoms with Crippen LogP contribution in [-0.4, -0.2) is 0 Å². The maximum atomic E-state index is 6.10. The van der Waals surface area contributed by atoms with E-state index in [4.69, 9.17) is 9.47 Å². The Hall–Kier alpha value is -3.26. The van der Waals surface area contributed by atoms with E-state index >= 15 is 0 Å². The Labute approximate surface area is 147 Å². The van der Waals surface area contributed by atoms with Crippen molar-refractivity contribution in [1.82, 2.24) is 0 Å². The summed E-state index contributed by atoms with van der Waals surface area (Å²) in [6.07, 6.45) is -0.575. The van der Waals surface area contributed by atoms with Crippen LogP contribution < -0.4 is 9.47 Å². The first-order valence-electron chi connectivity index (χ1n) is 8.22. The third kappa shape index (κ3) is 3.64. The fourth-order valence-corrected chi connectivity index (χ4v) is 2.68. The highest BCUT2D eigenvalue weighted by Crippen LogP contribution is 2.27. The minimum absolute atomic E-state index is 0.575. The second-order valence-electron chi connectivity index (χ2n) is 5.71. The number of fused-ring (bicyclic) bond motifs is 1. The lowest BCUT2D eigenvalue weighted by atomic mass is 10.1. The van der Waals surface area contributed by atoms with Crippen molar-refractivity contribution in [3.63, 3.8) is 0 Å². The summed E-state index contributed by atoms with van der Waals surface area (Å²) in [5.41, 5.74) is 0.853. The van der Waals surface area contributed by atoms with Gasteiger partial charge in [0.2, 0.25) is 0 Å². The molecule has 0 aliphatic heterocycles. The van der Waals surface area contributed by atoms with Crippen LogP contribution in [0.15, 0.2) is 97.1 Å². The maximum absolute atomic E-state index is 6.10. The third-order valence-corrected chi connectivity index (χ3v) is 3.93. The van der Waals surface area contributed by atoms with Gasteiger partial charge in [-0.2, -0.15) is 0 Å². The molecular weight excluding hydrogens is 308 g/mol. The summed E-state index contributed by atoms with van der Waals surface area (Å²) in [6, 6.07) is 34.9. The number of hydrogen-bond acceptors (Lipinski definition) is 2. The first-order valence-corrected chi connectivity index (χ1v) is 8.22. The molecule has 2 nitrogen and oxygen atoms in total. The molecule has 0 unspecified atom stereocenters. The quantitative estimate of drug-likeness (QED) is 0.432. The normalized spacial score (nSPS) is 10.8. The Balaban J connectivity index is 1.69. The zero-order chi connectivity index (χ0) is 16.9. The van der Waals surface area contributed by atoms with Crippen LogP contribution in [0.3, 0.4) is 0 Å². The number of para-hydroxylation sites is 2. The fraction of sp³-hybridized carbons (Fsp3) is 0.0435. The van der Waals surface area contributed by atoms with Crippen molar-refractivity contribution in [3.05, 3.63) is 109 Å². The predicted octanol–water partition coefficient (Wildman–Crippen LogP) is 5.80. The Bertz CT molecular complexity index is 908. The second-order valence-corrected chi connectivity index (χ2v) is 5.71. The summed E-state index contributed by atoms with van der Waals surface area (Å²) in [4.78, 5) is 0. The molecule has 0 N–H and O–H groups in total. The van der Waals surface area contributed by atoms with E-state index in [1.807, 2.05) is 78.9 Å². The zero-order valence-electron chi connectivity index (χ0n) is 13.6. The molecule has 4 aromatic carbocycles. The molecular formula is C23H17O2. The van der Waals surface area contributed by atoms with Crippen LogP contribution in [-0.2, 0) is 0 Å². The van der Waals surface area contributed by atoms with Gasteiger partial charge in [-0.15, -0.1) is 0 Å². The lowest BCUT2D eigenvalue weighted by molar-refractivity contribution is 0.00372. The lowest BCUT2D eigenvalue weighted by Crippen LogP contribution is -2.15. The molecule has 4 aromatic rings. The van der Waals surface area contributed by atoms with Crippen molar-refractivity contribution in [2.24, 2.45) is 0 Å². The average Bonchev–Trinajstić information content (AvgIpc) is 2.69. The van der Waals surface area contributed by atoms with Gasteiger partial charge in [0.25, 0.3) is 6.29 Å². The van der Waals surface area contributed by atoms with Crippen molar-refractivity contribution in [2.45, 2.75) is 6.29 Å².